The van der Waals surface area contributed by atoms with E-state index in [4.69, 9.17) is 0 Å². The van der Waals surface area contributed by atoms with E-state index in [9.17, 15) is 4.79 Å². The number of rotatable bonds is 6. The Morgan fingerprint density at radius 1 is 1.47 bits per heavy atom. The number of hydrogen-bond acceptors (Lipinski definition) is 3. The standard InChI is InChI=1S/C11H22N2OS/c1-3-15-9-6-12-10(2)11(14)13-7-4-5-8-13/h10,12H,3-9H2,1-2H3. The molecule has 1 saturated heterocycles. The van der Waals surface area contributed by atoms with Crippen LogP contribution in [0, 0.1) is 0 Å². The van der Waals surface area contributed by atoms with Gasteiger partial charge in [-0.25, -0.2) is 0 Å². The predicted octanol–water partition coefficient (Wildman–Crippen LogP) is 1.34. The number of carbonyl (C=O) groups excluding carboxylic acids is 1. The summed E-state index contributed by atoms with van der Waals surface area (Å²) in [6.07, 6.45) is 2.34. The van der Waals surface area contributed by atoms with E-state index in [0.717, 1.165) is 31.1 Å². The summed E-state index contributed by atoms with van der Waals surface area (Å²) in [5.41, 5.74) is 0. The van der Waals surface area contributed by atoms with Gasteiger partial charge in [-0.1, -0.05) is 6.92 Å². The second-order valence-corrected chi connectivity index (χ2v) is 5.30. The molecule has 1 aliphatic rings. The average Bonchev–Trinajstić information content (AvgIpc) is 2.76. The first-order valence-corrected chi connectivity index (χ1v) is 7.01. The lowest BCUT2D eigenvalue weighted by atomic mass is 10.3. The van der Waals surface area contributed by atoms with Crippen LogP contribution in [0.1, 0.15) is 26.7 Å². The zero-order valence-electron chi connectivity index (χ0n) is 9.79. The summed E-state index contributed by atoms with van der Waals surface area (Å²) in [6.45, 7) is 6.96. The molecule has 1 unspecified atom stereocenters. The third kappa shape index (κ3) is 4.43. The van der Waals surface area contributed by atoms with Gasteiger partial charge in [-0.15, -0.1) is 0 Å². The summed E-state index contributed by atoms with van der Waals surface area (Å²) in [5, 5.41) is 3.28. The monoisotopic (exact) mass is 230 g/mol. The van der Waals surface area contributed by atoms with Crippen molar-refractivity contribution < 1.29 is 4.79 Å². The largest absolute Gasteiger partial charge is 0.341 e. The number of amides is 1. The molecule has 4 heteroatoms. The topological polar surface area (TPSA) is 32.3 Å². The zero-order valence-corrected chi connectivity index (χ0v) is 10.6. The zero-order chi connectivity index (χ0) is 11.1. The van der Waals surface area contributed by atoms with Gasteiger partial charge in [-0.3, -0.25) is 4.79 Å². The molecule has 1 aliphatic heterocycles. The van der Waals surface area contributed by atoms with Crippen molar-refractivity contribution in [2.45, 2.75) is 32.7 Å². The Balaban J connectivity index is 2.14. The summed E-state index contributed by atoms with van der Waals surface area (Å²) in [5.74, 6) is 2.51. The van der Waals surface area contributed by atoms with Crippen LogP contribution in [-0.4, -0.2) is 48.0 Å². The van der Waals surface area contributed by atoms with E-state index in [1.165, 1.54) is 12.8 Å². The van der Waals surface area contributed by atoms with Crippen LogP contribution in [0.25, 0.3) is 0 Å². The maximum atomic E-state index is 11.9. The molecule has 0 aromatic heterocycles. The molecule has 88 valence electrons. The lowest BCUT2D eigenvalue weighted by molar-refractivity contribution is -0.131. The Morgan fingerprint density at radius 3 is 2.73 bits per heavy atom. The Kier molecular flexibility index (Phi) is 6.10. The van der Waals surface area contributed by atoms with Crippen molar-refractivity contribution in [3.05, 3.63) is 0 Å². The molecule has 0 spiro atoms. The Labute approximate surface area is 97.0 Å². The molecule has 1 amide bonds. The maximum Gasteiger partial charge on any atom is 0.239 e. The lowest BCUT2D eigenvalue weighted by Crippen LogP contribution is -2.44. The molecule has 1 N–H and O–H groups in total. The number of nitrogens with zero attached hydrogens (tertiary/aromatic N) is 1. The minimum Gasteiger partial charge on any atom is -0.341 e. The quantitative estimate of drug-likeness (QED) is 0.699. The second-order valence-electron chi connectivity index (χ2n) is 3.91. The fourth-order valence-corrected chi connectivity index (χ4v) is 2.34. The average molecular weight is 230 g/mol. The van der Waals surface area contributed by atoms with Crippen LogP contribution in [0.5, 0.6) is 0 Å². The first-order chi connectivity index (χ1) is 7.25. The molecular formula is C11H22N2OS. The van der Waals surface area contributed by atoms with Gasteiger partial charge in [0.15, 0.2) is 0 Å². The molecule has 0 saturated carbocycles. The molecule has 1 fully saturated rings. The Morgan fingerprint density at radius 2 is 2.13 bits per heavy atom. The molecule has 0 aliphatic carbocycles. The Hall–Kier alpha value is -0.220. The van der Waals surface area contributed by atoms with Crippen LogP contribution < -0.4 is 5.32 Å². The fraction of sp³-hybridized carbons (Fsp3) is 0.909. The van der Waals surface area contributed by atoms with Crippen molar-refractivity contribution in [2.24, 2.45) is 0 Å². The van der Waals surface area contributed by atoms with Crippen molar-refractivity contribution in [1.82, 2.24) is 10.2 Å². The van der Waals surface area contributed by atoms with Gasteiger partial charge >= 0.3 is 0 Å². The highest BCUT2D eigenvalue weighted by Gasteiger charge is 2.22. The summed E-state index contributed by atoms with van der Waals surface area (Å²) in [6, 6.07) is -0.0134. The number of nitrogens with one attached hydrogen (secondary N) is 1. The minimum absolute atomic E-state index is 0.0134. The van der Waals surface area contributed by atoms with Crippen LogP contribution in [0.15, 0.2) is 0 Å². The van der Waals surface area contributed by atoms with Gasteiger partial charge in [0.25, 0.3) is 0 Å². The molecule has 0 radical (unpaired) electrons. The van der Waals surface area contributed by atoms with Crippen molar-refractivity contribution in [1.29, 1.82) is 0 Å². The van der Waals surface area contributed by atoms with E-state index in [1.807, 2.05) is 23.6 Å². The molecule has 1 atom stereocenters. The highest BCUT2D eigenvalue weighted by molar-refractivity contribution is 7.99. The number of likely N-dealkylation sites (tertiary alicyclic amines) is 1. The third-order valence-electron chi connectivity index (χ3n) is 2.69. The van der Waals surface area contributed by atoms with Crippen molar-refractivity contribution in [3.8, 4) is 0 Å². The van der Waals surface area contributed by atoms with E-state index in [1.54, 1.807) is 0 Å². The second kappa shape index (κ2) is 7.12. The summed E-state index contributed by atoms with van der Waals surface area (Å²) < 4.78 is 0. The highest BCUT2D eigenvalue weighted by atomic mass is 32.2. The molecule has 0 bridgehead atoms. The molecule has 0 aromatic rings. The van der Waals surface area contributed by atoms with Gasteiger partial charge in [0, 0.05) is 25.4 Å². The smallest absolute Gasteiger partial charge is 0.239 e. The molecule has 0 aromatic carbocycles. The predicted molar refractivity (Wildman–Crippen MR) is 66.3 cm³/mol. The van der Waals surface area contributed by atoms with E-state index < -0.39 is 0 Å². The maximum absolute atomic E-state index is 11.9. The first kappa shape index (κ1) is 12.8. The normalized spacial score (nSPS) is 18.1. The van der Waals surface area contributed by atoms with E-state index in [0.29, 0.717) is 0 Å². The number of hydrogen-bond donors (Lipinski definition) is 1. The van der Waals surface area contributed by atoms with Crippen molar-refractivity contribution in [3.63, 3.8) is 0 Å². The van der Waals surface area contributed by atoms with Crippen LogP contribution in [-0.2, 0) is 4.79 Å². The van der Waals surface area contributed by atoms with E-state index in [2.05, 4.69) is 12.2 Å². The highest BCUT2D eigenvalue weighted by Crippen LogP contribution is 2.08. The molecule has 15 heavy (non-hydrogen) atoms. The van der Waals surface area contributed by atoms with Gasteiger partial charge in [0.05, 0.1) is 6.04 Å². The summed E-state index contributed by atoms with van der Waals surface area (Å²) in [7, 11) is 0. The van der Waals surface area contributed by atoms with Crippen molar-refractivity contribution >= 4 is 17.7 Å². The van der Waals surface area contributed by atoms with E-state index in [-0.39, 0.29) is 11.9 Å². The van der Waals surface area contributed by atoms with Crippen LogP contribution in [0.2, 0.25) is 0 Å². The SMILES string of the molecule is CCSCCNC(C)C(=O)N1CCCC1. The summed E-state index contributed by atoms with van der Waals surface area (Å²) in [4.78, 5) is 13.8. The van der Waals surface area contributed by atoms with Gasteiger partial charge in [-0.05, 0) is 25.5 Å². The number of thioether (sulfide) groups is 1. The van der Waals surface area contributed by atoms with Gasteiger partial charge in [-0.2, -0.15) is 11.8 Å². The third-order valence-corrected chi connectivity index (χ3v) is 3.59. The molecule has 1 heterocycles. The molecular weight excluding hydrogens is 208 g/mol. The molecule has 1 rings (SSSR count). The van der Waals surface area contributed by atoms with Gasteiger partial charge < -0.3 is 10.2 Å². The number of carbonyl (C=O) groups is 1. The summed E-state index contributed by atoms with van der Waals surface area (Å²) >= 11 is 1.91. The van der Waals surface area contributed by atoms with E-state index >= 15 is 0 Å². The van der Waals surface area contributed by atoms with Crippen LogP contribution in [0.3, 0.4) is 0 Å². The molecule has 3 nitrogen and oxygen atoms in total. The Bertz CT molecular complexity index is 193. The first-order valence-electron chi connectivity index (χ1n) is 5.85. The fourth-order valence-electron chi connectivity index (χ4n) is 1.79. The lowest BCUT2D eigenvalue weighted by Gasteiger charge is -2.21. The van der Waals surface area contributed by atoms with Crippen LogP contribution >= 0.6 is 11.8 Å². The minimum atomic E-state index is -0.0134. The van der Waals surface area contributed by atoms with Crippen LogP contribution in [0.4, 0.5) is 0 Å². The van der Waals surface area contributed by atoms with Gasteiger partial charge in [0.1, 0.15) is 0 Å². The van der Waals surface area contributed by atoms with Gasteiger partial charge in [0.2, 0.25) is 5.91 Å². The van der Waals surface area contributed by atoms with Crippen molar-refractivity contribution in [2.75, 3.05) is 31.1 Å².